The minimum Gasteiger partial charge on any atom is -0.396 e. The second-order valence-corrected chi connectivity index (χ2v) is 5.16. The molecule has 0 aromatic carbocycles. The minimum absolute atomic E-state index is 0.00370. The monoisotopic (exact) mass is 330 g/mol. The fourth-order valence-corrected chi connectivity index (χ4v) is 2.80. The van der Waals surface area contributed by atoms with Crippen molar-refractivity contribution in [1.29, 1.82) is 0 Å². The van der Waals surface area contributed by atoms with Gasteiger partial charge >= 0.3 is 5.69 Å². The summed E-state index contributed by atoms with van der Waals surface area (Å²) in [4.78, 5) is 27.2. The van der Waals surface area contributed by atoms with Gasteiger partial charge in [-0.25, -0.2) is 4.79 Å². The predicted octanol–water partition coefficient (Wildman–Crippen LogP) is 0.0640. The first-order valence-corrected chi connectivity index (χ1v) is 6.87. The maximum atomic E-state index is 11.8. The Kier molecular flexibility index (Phi) is 4.38. The molecule has 0 bridgehead atoms. The molecule has 2 rings (SSSR count). The fourth-order valence-electron chi connectivity index (χ4n) is 2.51. The van der Waals surface area contributed by atoms with Gasteiger partial charge in [-0.3, -0.25) is 14.3 Å². The third kappa shape index (κ3) is 2.58. The second-order valence-electron chi connectivity index (χ2n) is 4.64. The molecular weight excluding hydrogens is 316 g/mol. The van der Waals surface area contributed by atoms with Crippen molar-refractivity contribution in [3.05, 3.63) is 37.6 Å². The summed E-state index contributed by atoms with van der Waals surface area (Å²) >= 11 is 3.08. The van der Waals surface area contributed by atoms with Crippen molar-refractivity contribution in [1.82, 2.24) is 9.55 Å². The van der Waals surface area contributed by atoms with E-state index in [1.165, 1.54) is 15.7 Å². The van der Waals surface area contributed by atoms with Gasteiger partial charge in [0.1, 0.15) is 0 Å². The van der Waals surface area contributed by atoms with Crippen LogP contribution in [0.1, 0.15) is 18.0 Å². The Morgan fingerprint density at radius 2 is 2.16 bits per heavy atom. The molecule has 19 heavy (non-hydrogen) atoms. The molecule has 104 valence electrons. The van der Waals surface area contributed by atoms with Crippen LogP contribution in [0, 0.1) is 11.8 Å². The summed E-state index contributed by atoms with van der Waals surface area (Å²) < 4.78 is 1.43. The standard InChI is InChI=1S/C12H15BrN2O4/c13-2-1-7-4-15(12(19)14-11(7)18)10-3-8(5-16)9(10)6-17/h1-2,4,8-10,16-17H,3,5-6H2,(H,14,18,19)/b2-1+/t8-,9+,10-/m0/s1. The second kappa shape index (κ2) is 5.85. The predicted molar refractivity (Wildman–Crippen MR) is 74.1 cm³/mol. The van der Waals surface area contributed by atoms with Crippen LogP contribution in [-0.2, 0) is 0 Å². The molecule has 0 unspecified atom stereocenters. The van der Waals surface area contributed by atoms with E-state index in [0.29, 0.717) is 12.0 Å². The molecule has 1 heterocycles. The molecule has 1 aromatic rings. The van der Waals surface area contributed by atoms with Crippen molar-refractivity contribution in [3.63, 3.8) is 0 Å². The van der Waals surface area contributed by atoms with Crippen LogP contribution in [0.2, 0.25) is 0 Å². The van der Waals surface area contributed by atoms with E-state index >= 15 is 0 Å². The van der Waals surface area contributed by atoms with Crippen LogP contribution in [0.15, 0.2) is 20.8 Å². The molecule has 7 heteroatoms. The van der Waals surface area contributed by atoms with E-state index < -0.39 is 11.2 Å². The summed E-state index contributed by atoms with van der Waals surface area (Å²) in [7, 11) is 0. The third-order valence-corrected chi connectivity index (χ3v) is 3.95. The number of H-pyrrole nitrogens is 1. The molecule has 0 aliphatic heterocycles. The lowest BCUT2D eigenvalue weighted by Gasteiger charge is -2.43. The number of halogens is 1. The number of aromatic amines is 1. The van der Waals surface area contributed by atoms with Gasteiger partial charge in [-0.05, 0) is 23.4 Å². The summed E-state index contributed by atoms with van der Waals surface area (Å²) in [5.41, 5.74) is -0.576. The van der Waals surface area contributed by atoms with Crippen molar-refractivity contribution in [2.24, 2.45) is 11.8 Å². The number of aliphatic hydroxyl groups excluding tert-OH is 2. The number of aliphatic hydroxyl groups is 2. The Bertz CT molecular complexity index is 592. The van der Waals surface area contributed by atoms with Crippen LogP contribution in [0.5, 0.6) is 0 Å². The minimum atomic E-state index is -0.489. The van der Waals surface area contributed by atoms with Crippen LogP contribution in [0.25, 0.3) is 6.08 Å². The van der Waals surface area contributed by atoms with Crippen molar-refractivity contribution >= 4 is 22.0 Å². The summed E-state index contributed by atoms with van der Waals surface area (Å²) in [5, 5.41) is 18.4. The zero-order valence-electron chi connectivity index (χ0n) is 10.1. The number of rotatable bonds is 4. The van der Waals surface area contributed by atoms with Gasteiger partial charge in [-0.15, -0.1) is 0 Å². The molecule has 1 aromatic heterocycles. The van der Waals surface area contributed by atoms with Gasteiger partial charge < -0.3 is 10.2 Å². The van der Waals surface area contributed by atoms with Crippen LogP contribution in [-0.4, -0.2) is 33.0 Å². The first-order valence-electron chi connectivity index (χ1n) is 5.96. The smallest absolute Gasteiger partial charge is 0.328 e. The molecule has 1 aliphatic carbocycles. The molecule has 0 saturated heterocycles. The normalized spacial score (nSPS) is 26.6. The molecule has 1 aliphatic rings. The molecule has 1 fully saturated rings. The zero-order valence-corrected chi connectivity index (χ0v) is 11.7. The molecule has 0 radical (unpaired) electrons. The van der Waals surface area contributed by atoms with E-state index in [0.717, 1.165) is 0 Å². The molecule has 6 nitrogen and oxygen atoms in total. The van der Waals surface area contributed by atoms with Crippen molar-refractivity contribution < 1.29 is 10.2 Å². The Hall–Kier alpha value is -1.18. The number of aromatic nitrogens is 2. The van der Waals surface area contributed by atoms with E-state index in [2.05, 4.69) is 20.9 Å². The van der Waals surface area contributed by atoms with E-state index in [-0.39, 0.29) is 31.1 Å². The highest BCUT2D eigenvalue weighted by Gasteiger charge is 2.41. The van der Waals surface area contributed by atoms with E-state index in [1.807, 2.05) is 0 Å². The van der Waals surface area contributed by atoms with Gasteiger partial charge in [0.15, 0.2) is 0 Å². The molecule has 3 atom stereocenters. The maximum absolute atomic E-state index is 11.8. The van der Waals surface area contributed by atoms with E-state index in [1.54, 1.807) is 6.08 Å². The number of hydrogen-bond acceptors (Lipinski definition) is 4. The highest BCUT2D eigenvalue weighted by Crippen LogP contribution is 2.42. The maximum Gasteiger partial charge on any atom is 0.328 e. The Balaban J connectivity index is 2.38. The van der Waals surface area contributed by atoms with Gasteiger partial charge in [0, 0.05) is 31.4 Å². The molecular formula is C12H15BrN2O4. The summed E-state index contributed by atoms with van der Waals surface area (Å²) in [5.74, 6) is -0.154. The Morgan fingerprint density at radius 1 is 1.42 bits per heavy atom. The van der Waals surface area contributed by atoms with Gasteiger partial charge in [-0.2, -0.15) is 0 Å². The quantitative estimate of drug-likeness (QED) is 0.727. The average molecular weight is 331 g/mol. The molecule has 0 spiro atoms. The SMILES string of the molecule is O=c1[nH]c(=O)n([C@H]2C[C@@H](CO)[C@H]2CO)cc1/C=C/Br. The fraction of sp³-hybridized carbons (Fsp3) is 0.500. The van der Waals surface area contributed by atoms with Gasteiger partial charge in [0.05, 0.1) is 5.56 Å². The number of nitrogens with zero attached hydrogens (tertiary/aromatic N) is 1. The number of hydrogen-bond donors (Lipinski definition) is 3. The first-order chi connectivity index (χ1) is 9.12. The van der Waals surface area contributed by atoms with Gasteiger partial charge in [0.25, 0.3) is 5.56 Å². The van der Waals surface area contributed by atoms with Crippen LogP contribution >= 0.6 is 15.9 Å². The first kappa shape index (κ1) is 14.2. The zero-order chi connectivity index (χ0) is 14.0. The Morgan fingerprint density at radius 3 is 2.74 bits per heavy atom. The van der Waals surface area contributed by atoms with E-state index in [9.17, 15) is 14.7 Å². The third-order valence-electron chi connectivity index (χ3n) is 3.68. The topological polar surface area (TPSA) is 95.3 Å². The molecule has 0 amide bonds. The average Bonchev–Trinajstić information content (AvgIpc) is 2.34. The highest BCUT2D eigenvalue weighted by atomic mass is 79.9. The van der Waals surface area contributed by atoms with Crippen LogP contribution < -0.4 is 11.2 Å². The van der Waals surface area contributed by atoms with Crippen LogP contribution in [0.3, 0.4) is 0 Å². The lowest BCUT2D eigenvalue weighted by Crippen LogP contribution is -2.47. The lowest BCUT2D eigenvalue weighted by molar-refractivity contribution is -0.00876. The molecule has 3 N–H and O–H groups in total. The largest absolute Gasteiger partial charge is 0.396 e. The van der Waals surface area contributed by atoms with Crippen LogP contribution in [0.4, 0.5) is 0 Å². The van der Waals surface area contributed by atoms with Crippen molar-refractivity contribution in [3.8, 4) is 0 Å². The summed E-state index contributed by atoms with van der Waals surface area (Å²) in [6, 6.07) is -0.186. The molecule has 1 saturated carbocycles. The van der Waals surface area contributed by atoms with Gasteiger partial charge in [0.2, 0.25) is 0 Å². The lowest BCUT2D eigenvalue weighted by atomic mass is 9.70. The summed E-state index contributed by atoms with van der Waals surface area (Å²) in [6.45, 7) is -0.0981. The number of nitrogens with one attached hydrogen (secondary N) is 1. The van der Waals surface area contributed by atoms with E-state index in [4.69, 9.17) is 5.11 Å². The Labute approximate surface area is 117 Å². The van der Waals surface area contributed by atoms with Gasteiger partial charge in [-0.1, -0.05) is 15.9 Å². The van der Waals surface area contributed by atoms with Crippen molar-refractivity contribution in [2.75, 3.05) is 13.2 Å². The highest BCUT2D eigenvalue weighted by molar-refractivity contribution is 9.11. The summed E-state index contributed by atoms with van der Waals surface area (Å²) in [6.07, 6.45) is 3.65. The van der Waals surface area contributed by atoms with Crippen molar-refractivity contribution in [2.45, 2.75) is 12.5 Å².